The molecule has 1 N–H and O–H groups in total. The summed E-state index contributed by atoms with van der Waals surface area (Å²) >= 11 is 6.71. The van der Waals surface area contributed by atoms with Crippen LogP contribution in [-0.4, -0.2) is 36.0 Å². The second kappa shape index (κ2) is 9.25. The van der Waals surface area contributed by atoms with Crippen LogP contribution in [0.4, 0.5) is 9.52 Å². The lowest BCUT2D eigenvalue weighted by Crippen LogP contribution is -2.21. The molecule has 138 valence electrons. The lowest BCUT2D eigenvalue weighted by molar-refractivity contribution is -0.142. The van der Waals surface area contributed by atoms with Gasteiger partial charge in [-0.1, -0.05) is 11.6 Å². The van der Waals surface area contributed by atoms with Crippen LogP contribution in [0.3, 0.4) is 0 Å². The van der Waals surface area contributed by atoms with E-state index in [1.54, 1.807) is 12.3 Å². The molecule has 0 unspecified atom stereocenters. The SMILES string of the molecule is CCOC(=O)Cc1csc(NC(=O)COC(=O)c2ccc(Cl)cc2F)n1. The number of nitrogens with zero attached hydrogens (tertiary/aromatic N) is 1. The van der Waals surface area contributed by atoms with Crippen molar-refractivity contribution in [1.82, 2.24) is 4.98 Å². The summed E-state index contributed by atoms with van der Waals surface area (Å²) in [6.07, 6.45) is -0.00889. The van der Waals surface area contributed by atoms with Crippen molar-refractivity contribution < 1.29 is 28.2 Å². The first kappa shape index (κ1) is 19.8. The van der Waals surface area contributed by atoms with E-state index < -0.39 is 30.3 Å². The van der Waals surface area contributed by atoms with Crippen LogP contribution in [0, 0.1) is 5.82 Å². The van der Waals surface area contributed by atoms with Crippen molar-refractivity contribution in [1.29, 1.82) is 0 Å². The van der Waals surface area contributed by atoms with Crippen molar-refractivity contribution in [2.75, 3.05) is 18.5 Å². The van der Waals surface area contributed by atoms with Gasteiger partial charge < -0.3 is 9.47 Å². The molecule has 0 aliphatic carbocycles. The molecule has 0 aliphatic heterocycles. The summed E-state index contributed by atoms with van der Waals surface area (Å²) in [5.74, 6) is -2.90. The molecule has 1 heterocycles. The van der Waals surface area contributed by atoms with Gasteiger partial charge in [-0.3, -0.25) is 14.9 Å². The van der Waals surface area contributed by atoms with E-state index in [9.17, 15) is 18.8 Å². The summed E-state index contributed by atoms with van der Waals surface area (Å²) in [5.41, 5.74) is 0.122. The highest BCUT2D eigenvalue weighted by Crippen LogP contribution is 2.17. The molecule has 0 atom stereocenters. The average molecular weight is 401 g/mol. The summed E-state index contributed by atoms with van der Waals surface area (Å²) in [7, 11) is 0. The zero-order valence-corrected chi connectivity index (χ0v) is 15.2. The first-order valence-electron chi connectivity index (χ1n) is 7.41. The maximum absolute atomic E-state index is 13.6. The molecular formula is C16H14ClFN2O5S. The van der Waals surface area contributed by atoms with Crippen molar-refractivity contribution in [2.24, 2.45) is 0 Å². The van der Waals surface area contributed by atoms with E-state index in [1.165, 1.54) is 12.1 Å². The van der Waals surface area contributed by atoms with Crippen LogP contribution in [0.25, 0.3) is 0 Å². The number of aromatic nitrogens is 1. The average Bonchev–Trinajstić information content (AvgIpc) is 2.99. The second-order valence-electron chi connectivity index (χ2n) is 4.87. The summed E-state index contributed by atoms with van der Waals surface area (Å²) < 4.78 is 23.2. The normalized spacial score (nSPS) is 10.3. The first-order valence-corrected chi connectivity index (χ1v) is 8.67. The summed E-state index contributed by atoms with van der Waals surface area (Å²) in [4.78, 5) is 39.0. The number of amides is 1. The number of nitrogens with one attached hydrogen (secondary N) is 1. The van der Waals surface area contributed by atoms with E-state index >= 15 is 0 Å². The molecule has 1 aromatic heterocycles. The van der Waals surface area contributed by atoms with Crippen LogP contribution in [0.1, 0.15) is 23.0 Å². The predicted octanol–water partition coefficient (Wildman–Crippen LogP) is 2.84. The fraction of sp³-hybridized carbons (Fsp3) is 0.250. The van der Waals surface area contributed by atoms with Gasteiger partial charge in [-0.25, -0.2) is 14.2 Å². The Bertz CT molecular complexity index is 827. The van der Waals surface area contributed by atoms with E-state index in [0.29, 0.717) is 5.69 Å². The van der Waals surface area contributed by atoms with Crippen LogP contribution < -0.4 is 5.32 Å². The highest BCUT2D eigenvalue weighted by atomic mass is 35.5. The number of rotatable bonds is 7. The summed E-state index contributed by atoms with van der Waals surface area (Å²) in [6, 6.07) is 3.47. The van der Waals surface area contributed by atoms with Gasteiger partial charge in [0.05, 0.1) is 24.3 Å². The topological polar surface area (TPSA) is 94.6 Å². The van der Waals surface area contributed by atoms with Gasteiger partial charge in [0.2, 0.25) is 0 Å². The number of benzene rings is 1. The molecule has 0 bridgehead atoms. The number of halogens is 2. The molecule has 2 aromatic rings. The summed E-state index contributed by atoms with van der Waals surface area (Å²) in [5, 5.41) is 4.40. The van der Waals surface area contributed by atoms with Crippen LogP contribution in [0.5, 0.6) is 0 Å². The Labute approximate surface area is 157 Å². The lowest BCUT2D eigenvalue weighted by Gasteiger charge is -2.05. The Balaban J connectivity index is 1.84. The minimum atomic E-state index is -0.989. The van der Waals surface area contributed by atoms with Crippen LogP contribution in [0.15, 0.2) is 23.6 Å². The van der Waals surface area contributed by atoms with Gasteiger partial charge in [0.15, 0.2) is 11.7 Å². The van der Waals surface area contributed by atoms with E-state index in [0.717, 1.165) is 17.4 Å². The largest absolute Gasteiger partial charge is 0.466 e. The van der Waals surface area contributed by atoms with Gasteiger partial charge in [0.25, 0.3) is 5.91 Å². The highest BCUT2D eigenvalue weighted by Gasteiger charge is 2.16. The minimum absolute atomic E-state index is 0.00889. The zero-order chi connectivity index (χ0) is 19.1. The molecule has 26 heavy (non-hydrogen) atoms. The van der Waals surface area contributed by atoms with E-state index in [1.807, 2.05) is 0 Å². The fourth-order valence-electron chi connectivity index (χ4n) is 1.82. The van der Waals surface area contributed by atoms with E-state index in [2.05, 4.69) is 10.3 Å². The Hall–Kier alpha value is -2.52. The molecule has 0 radical (unpaired) electrons. The molecule has 0 saturated carbocycles. The van der Waals surface area contributed by atoms with Gasteiger partial charge in [-0.15, -0.1) is 11.3 Å². The molecule has 1 amide bonds. The number of anilines is 1. The molecule has 7 nitrogen and oxygen atoms in total. The van der Waals surface area contributed by atoms with E-state index in [4.69, 9.17) is 21.1 Å². The van der Waals surface area contributed by atoms with E-state index in [-0.39, 0.29) is 28.7 Å². The maximum Gasteiger partial charge on any atom is 0.341 e. The molecular weight excluding hydrogens is 387 g/mol. The lowest BCUT2D eigenvalue weighted by atomic mass is 10.2. The van der Waals surface area contributed by atoms with Crippen molar-refractivity contribution >= 4 is 45.9 Å². The number of esters is 2. The third-order valence-corrected chi connectivity index (χ3v) is 3.96. The molecule has 1 aromatic carbocycles. The Kier molecular flexibility index (Phi) is 7.05. The minimum Gasteiger partial charge on any atom is -0.466 e. The highest BCUT2D eigenvalue weighted by molar-refractivity contribution is 7.13. The first-order chi connectivity index (χ1) is 12.4. The summed E-state index contributed by atoms with van der Waals surface area (Å²) in [6.45, 7) is 1.35. The number of carbonyl (C=O) groups excluding carboxylic acids is 3. The van der Waals surface area contributed by atoms with Gasteiger partial charge in [-0.05, 0) is 25.1 Å². The Morgan fingerprint density at radius 3 is 2.77 bits per heavy atom. The maximum atomic E-state index is 13.6. The predicted molar refractivity (Wildman–Crippen MR) is 92.8 cm³/mol. The number of thiazole rings is 1. The molecule has 0 saturated heterocycles. The van der Waals surface area contributed by atoms with Crippen LogP contribution in [0.2, 0.25) is 5.02 Å². The second-order valence-corrected chi connectivity index (χ2v) is 6.17. The number of hydrogen-bond acceptors (Lipinski definition) is 7. The Morgan fingerprint density at radius 2 is 2.08 bits per heavy atom. The number of ether oxygens (including phenoxy) is 2. The molecule has 2 rings (SSSR count). The number of hydrogen-bond donors (Lipinski definition) is 1. The van der Waals surface area contributed by atoms with Crippen molar-refractivity contribution in [3.63, 3.8) is 0 Å². The van der Waals surface area contributed by atoms with Gasteiger partial charge in [0.1, 0.15) is 5.82 Å². The molecule has 0 fully saturated rings. The zero-order valence-electron chi connectivity index (χ0n) is 13.6. The van der Waals surface area contributed by atoms with Gasteiger partial charge >= 0.3 is 11.9 Å². The Morgan fingerprint density at radius 1 is 1.31 bits per heavy atom. The quantitative estimate of drug-likeness (QED) is 0.718. The fourth-order valence-corrected chi connectivity index (χ4v) is 2.71. The van der Waals surface area contributed by atoms with Crippen molar-refractivity contribution in [2.45, 2.75) is 13.3 Å². The van der Waals surface area contributed by atoms with Crippen molar-refractivity contribution in [3.05, 3.63) is 45.7 Å². The molecule has 0 spiro atoms. The number of carbonyl (C=O) groups is 3. The van der Waals surface area contributed by atoms with Crippen LogP contribution >= 0.6 is 22.9 Å². The third kappa shape index (κ3) is 5.78. The standard InChI is InChI=1S/C16H14ClFN2O5S/c1-2-24-14(22)6-10-8-26-16(19-10)20-13(21)7-25-15(23)11-4-3-9(17)5-12(11)18/h3-5,8H,2,6-7H2,1H3,(H,19,20,21). The van der Waals surface area contributed by atoms with Crippen LogP contribution in [-0.2, 0) is 25.5 Å². The van der Waals surface area contributed by atoms with Gasteiger partial charge in [0, 0.05) is 10.4 Å². The third-order valence-electron chi connectivity index (χ3n) is 2.91. The smallest absolute Gasteiger partial charge is 0.341 e. The monoisotopic (exact) mass is 400 g/mol. The van der Waals surface area contributed by atoms with Crippen molar-refractivity contribution in [3.8, 4) is 0 Å². The van der Waals surface area contributed by atoms with Gasteiger partial charge in [-0.2, -0.15) is 0 Å². The molecule has 10 heteroatoms. The molecule has 0 aliphatic rings.